The summed E-state index contributed by atoms with van der Waals surface area (Å²) in [5.41, 5.74) is 0.525. The summed E-state index contributed by atoms with van der Waals surface area (Å²) >= 11 is 0. The predicted molar refractivity (Wildman–Crippen MR) is 212 cm³/mol. The molecule has 1 unspecified atom stereocenters. The summed E-state index contributed by atoms with van der Waals surface area (Å²) in [7, 11) is 0. The Hall–Kier alpha value is -5.35. The number of hydrogen-bond acceptors (Lipinski definition) is 23. The first-order valence-corrected chi connectivity index (χ1v) is 20.0. The minimum atomic E-state index is -2.06. The molecule has 3 aromatic rings. The van der Waals surface area contributed by atoms with E-state index in [2.05, 4.69) is 0 Å². The fourth-order valence-electron chi connectivity index (χ4n) is 7.36. The van der Waals surface area contributed by atoms with E-state index < -0.39 is 141 Å². The smallest absolute Gasteiger partial charge is 0.330 e. The zero-order valence-electron chi connectivity index (χ0n) is 33.7. The summed E-state index contributed by atoms with van der Waals surface area (Å²) in [5.74, 6) is -3.31. The molecule has 3 aromatic carbocycles. The van der Waals surface area contributed by atoms with E-state index in [4.69, 9.17) is 37.9 Å². The minimum Gasteiger partial charge on any atom is -0.508 e. The first-order chi connectivity index (χ1) is 31.0. The van der Waals surface area contributed by atoms with Gasteiger partial charge in [0.15, 0.2) is 30.0 Å². The molecule has 65 heavy (non-hydrogen) atoms. The average Bonchev–Trinajstić information content (AvgIpc) is 3.29. The van der Waals surface area contributed by atoms with Crippen molar-refractivity contribution in [2.24, 2.45) is 0 Å². The normalized spacial score (nSPS) is 34.8. The van der Waals surface area contributed by atoms with E-state index in [0.717, 1.165) is 30.3 Å². The number of carbonyl (C=O) groups is 1. The number of carbonyl (C=O) groups excluding carboxylic acids is 1. The van der Waals surface area contributed by atoms with Crippen LogP contribution in [0.3, 0.4) is 0 Å². The van der Waals surface area contributed by atoms with Crippen LogP contribution in [0.2, 0.25) is 0 Å². The Kier molecular flexibility index (Phi) is 14.7. The number of ether oxygens (including phenoxy) is 8. The van der Waals surface area contributed by atoms with Gasteiger partial charge in [-0.2, -0.15) is 0 Å². The highest BCUT2D eigenvalue weighted by Gasteiger charge is 2.53. The monoisotopic (exact) mass is 920 g/mol. The van der Waals surface area contributed by atoms with Crippen molar-refractivity contribution in [3.8, 4) is 34.5 Å². The van der Waals surface area contributed by atoms with E-state index in [0.29, 0.717) is 5.56 Å². The highest BCUT2D eigenvalue weighted by atomic mass is 16.8. The molecule has 3 fully saturated rings. The zero-order valence-corrected chi connectivity index (χ0v) is 33.7. The van der Waals surface area contributed by atoms with Crippen LogP contribution in [0.15, 0.2) is 66.4 Å². The van der Waals surface area contributed by atoms with Gasteiger partial charge in [0.05, 0.1) is 18.8 Å². The van der Waals surface area contributed by atoms with Gasteiger partial charge >= 0.3 is 5.97 Å². The van der Waals surface area contributed by atoms with Crippen LogP contribution >= 0.6 is 0 Å². The molecule has 0 aromatic heterocycles. The molecule has 0 bridgehead atoms. The molecule has 354 valence electrons. The highest BCUT2D eigenvalue weighted by Crippen LogP contribution is 2.47. The lowest BCUT2D eigenvalue weighted by Gasteiger charge is -2.46. The molecule has 14 N–H and O–H groups in total. The fraction of sp³-hybridized carbons (Fsp3) is 0.452. The summed E-state index contributed by atoms with van der Waals surface area (Å²) < 4.78 is 46.7. The standard InChI is InChI=1S/C42H48O23/c43-13-26-30(50)33(53)36(56)40(62-26)60-24-11-19(46)10-23-20(24)12-25(38(59-23)17-4-7-21(47)22(48)9-17)61-42-39(65-41-37(57)34(54)31(51)27(14-44)63-41)35(55)32(52)28(64-42)15-58-29(49)8-3-16-1-5-18(45)6-2-16/h1-12,26-28,30-48,50-57H,13-15H2/b8-3+/t26-,27+,28-,30+,31+,32+,33-,34-,35+,36+,37+,38?,39+,40+,41-,42+/m0/s1. The third-order valence-electron chi connectivity index (χ3n) is 11.0. The molecule has 23 heteroatoms. The van der Waals surface area contributed by atoms with E-state index in [-0.39, 0.29) is 34.1 Å². The number of hydrogen-bond donors (Lipinski definition) is 14. The largest absolute Gasteiger partial charge is 0.508 e. The van der Waals surface area contributed by atoms with E-state index in [1.165, 1.54) is 42.5 Å². The molecular weight excluding hydrogens is 872 g/mol. The predicted octanol–water partition coefficient (Wildman–Crippen LogP) is -2.93. The number of esters is 1. The van der Waals surface area contributed by atoms with Crippen LogP contribution in [0.4, 0.5) is 0 Å². The molecule has 16 atom stereocenters. The lowest BCUT2D eigenvalue weighted by atomic mass is 9.97. The molecule has 4 aliphatic rings. The van der Waals surface area contributed by atoms with Crippen molar-refractivity contribution >= 4 is 18.1 Å². The summed E-state index contributed by atoms with van der Waals surface area (Å²) in [5, 5.41) is 147. The molecule has 0 saturated carbocycles. The van der Waals surface area contributed by atoms with Gasteiger partial charge < -0.3 is 109 Å². The van der Waals surface area contributed by atoms with Crippen molar-refractivity contribution < 1.29 is 114 Å². The van der Waals surface area contributed by atoms with Crippen molar-refractivity contribution in [3.05, 3.63) is 83.1 Å². The Bertz CT molecular complexity index is 2180. The van der Waals surface area contributed by atoms with Gasteiger partial charge in [-0.05, 0) is 42.0 Å². The molecule has 23 nitrogen and oxygen atoms in total. The number of rotatable bonds is 13. The zero-order chi connectivity index (χ0) is 46.9. The van der Waals surface area contributed by atoms with Gasteiger partial charge in [0.2, 0.25) is 12.6 Å². The van der Waals surface area contributed by atoms with Gasteiger partial charge in [-0.25, -0.2) is 4.79 Å². The quantitative estimate of drug-likeness (QED) is 0.0463. The maximum absolute atomic E-state index is 12.8. The third kappa shape index (κ3) is 10.2. The molecular formula is C42H48O23. The van der Waals surface area contributed by atoms with Crippen molar-refractivity contribution in [2.75, 3.05) is 19.8 Å². The van der Waals surface area contributed by atoms with E-state index >= 15 is 0 Å². The summed E-state index contributed by atoms with van der Waals surface area (Å²) in [6.07, 6.45) is -25.2. The van der Waals surface area contributed by atoms with Crippen LogP contribution in [-0.2, 0) is 33.2 Å². The van der Waals surface area contributed by atoms with Crippen molar-refractivity contribution in [2.45, 2.75) is 98.2 Å². The summed E-state index contributed by atoms with van der Waals surface area (Å²) in [6, 6.07) is 11.5. The van der Waals surface area contributed by atoms with Crippen LogP contribution in [0.25, 0.3) is 12.2 Å². The van der Waals surface area contributed by atoms with E-state index in [1.807, 2.05) is 0 Å². The Balaban J connectivity index is 1.25. The van der Waals surface area contributed by atoms with Crippen LogP contribution in [0.5, 0.6) is 34.5 Å². The maximum atomic E-state index is 12.8. The van der Waals surface area contributed by atoms with Gasteiger partial charge in [0.25, 0.3) is 0 Å². The van der Waals surface area contributed by atoms with Crippen LogP contribution in [0.1, 0.15) is 22.8 Å². The number of aliphatic hydroxyl groups is 10. The Labute approximate surface area is 367 Å². The van der Waals surface area contributed by atoms with Gasteiger partial charge in [-0.15, -0.1) is 0 Å². The molecule has 7 rings (SSSR count). The summed E-state index contributed by atoms with van der Waals surface area (Å²) in [4.78, 5) is 12.8. The first-order valence-electron chi connectivity index (χ1n) is 20.0. The van der Waals surface area contributed by atoms with Crippen LogP contribution < -0.4 is 9.47 Å². The fourth-order valence-corrected chi connectivity index (χ4v) is 7.36. The number of aliphatic hydroxyl groups excluding tert-OH is 10. The number of phenols is 4. The number of fused-ring (bicyclic) bond motifs is 1. The van der Waals surface area contributed by atoms with Crippen molar-refractivity contribution in [1.82, 2.24) is 0 Å². The first kappa shape index (κ1) is 47.6. The Morgan fingerprint density at radius 1 is 0.615 bits per heavy atom. The number of benzene rings is 3. The molecule has 3 saturated heterocycles. The number of aromatic hydroxyl groups is 4. The maximum Gasteiger partial charge on any atom is 0.330 e. The molecule has 0 radical (unpaired) electrons. The molecule has 4 heterocycles. The van der Waals surface area contributed by atoms with Crippen molar-refractivity contribution in [1.29, 1.82) is 0 Å². The lowest BCUT2D eigenvalue weighted by Crippen LogP contribution is -2.64. The minimum absolute atomic E-state index is 0.00855. The SMILES string of the molecule is O=C(/C=C/c1ccc(O)cc1)OC[C@@H]1O[C@@H](OC2=Cc3c(cc(O)cc3O[C@@H]3O[C@@H](CO)[C@@H](O)[C@H](O)[C@H]3O)OC2c2ccc(O)c(O)c2)[C@H](O[C@@H]2O[C@H](CO)[C@@H](O)[C@H](O)[C@H]2O)[C@H](O)[C@@H]1O. The lowest BCUT2D eigenvalue weighted by molar-refractivity contribution is -0.364. The Morgan fingerprint density at radius 3 is 1.88 bits per heavy atom. The van der Waals surface area contributed by atoms with Gasteiger partial charge in [-0.1, -0.05) is 18.2 Å². The second-order valence-electron chi connectivity index (χ2n) is 15.5. The topological polar surface area (TPSA) is 374 Å². The molecule has 4 aliphatic heterocycles. The van der Waals surface area contributed by atoms with Crippen LogP contribution in [-0.4, -0.2) is 189 Å². The van der Waals surface area contributed by atoms with Crippen LogP contribution in [0, 0.1) is 0 Å². The average molecular weight is 921 g/mol. The molecule has 0 spiro atoms. The van der Waals surface area contributed by atoms with Crippen molar-refractivity contribution in [3.63, 3.8) is 0 Å². The van der Waals surface area contributed by atoms with Gasteiger partial charge in [0, 0.05) is 23.8 Å². The number of phenolic OH excluding ortho intramolecular Hbond substituents is 4. The van der Waals surface area contributed by atoms with E-state index in [9.17, 15) is 76.3 Å². The highest BCUT2D eigenvalue weighted by molar-refractivity contribution is 5.87. The second-order valence-corrected chi connectivity index (χ2v) is 15.5. The molecule has 0 aliphatic carbocycles. The second kappa shape index (κ2) is 20.0. The molecule has 0 amide bonds. The van der Waals surface area contributed by atoms with Gasteiger partial charge in [0.1, 0.15) is 103 Å². The third-order valence-corrected chi connectivity index (χ3v) is 11.0. The summed E-state index contributed by atoms with van der Waals surface area (Å²) in [6.45, 7) is -2.39. The van der Waals surface area contributed by atoms with Gasteiger partial charge in [-0.3, -0.25) is 0 Å². The Morgan fingerprint density at radius 2 is 1.23 bits per heavy atom. The van der Waals surface area contributed by atoms with E-state index in [1.54, 1.807) is 0 Å².